The molecule has 3 rings (SSSR count). The number of nitrogens with one attached hydrogen (secondary N) is 1. The monoisotopic (exact) mass is 393 g/mol. The Bertz CT molecular complexity index is 893. The second kappa shape index (κ2) is 8.87. The van der Waals surface area contributed by atoms with Gasteiger partial charge in [0.15, 0.2) is 0 Å². The van der Waals surface area contributed by atoms with E-state index in [0.29, 0.717) is 12.3 Å². The van der Waals surface area contributed by atoms with E-state index >= 15 is 0 Å². The molecule has 1 aliphatic heterocycles. The van der Waals surface area contributed by atoms with Gasteiger partial charge in [0, 0.05) is 13.0 Å². The molecular weight excluding hydrogens is 366 g/mol. The maximum atomic E-state index is 12.8. The first-order chi connectivity index (χ1) is 13.9. The lowest BCUT2D eigenvalue weighted by atomic mass is 10.0. The van der Waals surface area contributed by atoms with Crippen LogP contribution in [0.4, 0.5) is 5.69 Å². The highest BCUT2D eigenvalue weighted by molar-refractivity contribution is 6.40. The Kier molecular flexibility index (Phi) is 6.29. The first kappa shape index (κ1) is 20.5. The standard InChI is InChI=1S/C22H27N5O2/c1-15-9-11-16(12-10-15)20(26(2)3)14-24-22(29)18-13-19(21(23)28)27(25-18)17-7-5-4-6-8-17/h4-12,19-20H,13-14H2,1-3H3,(H2,23,28)(H,24,29)/t19-,20-/m1/s1. The predicted molar refractivity (Wildman–Crippen MR) is 115 cm³/mol. The molecular formula is C22H27N5O2. The third kappa shape index (κ3) is 4.81. The van der Waals surface area contributed by atoms with E-state index in [9.17, 15) is 9.59 Å². The van der Waals surface area contributed by atoms with Crippen LogP contribution < -0.4 is 16.1 Å². The fourth-order valence-corrected chi connectivity index (χ4v) is 3.37. The van der Waals surface area contributed by atoms with Crippen LogP contribution in [0.25, 0.3) is 0 Å². The van der Waals surface area contributed by atoms with Crippen molar-refractivity contribution in [3.63, 3.8) is 0 Å². The molecule has 0 saturated carbocycles. The van der Waals surface area contributed by atoms with E-state index in [4.69, 9.17) is 5.73 Å². The highest BCUT2D eigenvalue weighted by Crippen LogP contribution is 2.24. The maximum Gasteiger partial charge on any atom is 0.267 e. The van der Waals surface area contributed by atoms with Crippen molar-refractivity contribution in [3.05, 3.63) is 65.7 Å². The number of hydrogen-bond donors (Lipinski definition) is 2. The average molecular weight is 393 g/mol. The number of nitrogens with zero attached hydrogens (tertiary/aromatic N) is 3. The summed E-state index contributed by atoms with van der Waals surface area (Å²) in [5.41, 5.74) is 8.89. The van der Waals surface area contributed by atoms with Crippen molar-refractivity contribution in [3.8, 4) is 0 Å². The normalized spacial score (nSPS) is 17.2. The van der Waals surface area contributed by atoms with Crippen molar-refractivity contribution in [1.82, 2.24) is 10.2 Å². The van der Waals surface area contributed by atoms with Crippen LogP contribution in [-0.4, -0.2) is 49.1 Å². The van der Waals surface area contributed by atoms with Gasteiger partial charge in [-0.1, -0.05) is 48.0 Å². The van der Waals surface area contributed by atoms with Crippen molar-refractivity contribution in [2.75, 3.05) is 25.6 Å². The largest absolute Gasteiger partial charge is 0.368 e. The highest BCUT2D eigenvalue weighted by atomic mass is 16.2. The molecule has 3 N–H and O–H groups in total. The Hall–Kier alpha value is -3.19. The SMILES string of the molecule is Cc1ccc([C@@H](CNC(=O)C2=NN(c3ccccc3)[C@@H](C(N)=O)C2)N(C)C)cc1. The molecule has 7 nitrogen and oxygen atoms in total. The molecule has 1 aliphatic rings. The molecule has 0 spiro atoms. The zero-order valence-corrected chi connectivity index (χ0v) is 17.0. The minimum Gasteiger partial charge on any atom is -0.368 e. The number of rotatable bonds is 7. The molecule has 29 heavy (non-hydrogen) atoms. The number of carbonyl (C=O) groups is 2. The fraction of sp³-hybridized carbons (Fsp3) is 0.318. The molecule has 0 unspecified atom stereocenters. The maximum absolute atomic E-state index is 12.8. The number of benzene rings is 2. The number of nitrogens with two attached hydrogens (primary N) is 1. The van der Waals surface area contributed by atoms with E-state index in [1.807, 2.05) is 51.4 Å². The molecule has 2 aromatic rings. The number of aryl methyl sites for hydroxylation is 1. The van der Waals surface area contributed by atoms with Crippen molar-refractivity contribution in [2.24, 2.45) is 10.8 Å². The Balaban J connectivity index is 1.72. The minimum absolute atomic E-state index is 0.0266. The molecule has 0 aliphatic carbocycles. The summed E-state index contributed by atoms with van der Waals surface area (Å²) in [5.74, 6) is -0.792. The van der Waals surface area contributed by atoms with Gasteiger partial charge in [0.05, 0.1) is 11.7 Å². The first-order valence-electron chi connectivity index (χ1n) is 9.59. The summed E-state index contributed by atoms with van der Waals surface area (Å²) in [6, 6.07) is 16.9. The van der Waals surface area contributed by atoms with Gasteiger partial charge in [-0.05, 0) is 38.7 Å². The van der Waals surface area contributed by atoms with Gasteiger partial charge in [0.25, 0.3) is 5.91 Å². The topological polar surface area (TPSA) is 91.0 Å². The van der Waals surface area contributed by atoms with E-state index in [1.165, 1.54) is 10.6 Å². The lowest BCUT2D eigenvalue weighted by Gasteiger charge is -2.25. The fourth-order valence-electron chi connectivity index (χ4n) is 3.37. The third-order valence-corrected chi connectivity index (χ3v) is 5.06. The van der Waals surface area contributed by atoms with Crippen LogP contribution in [0.5, 0.6) is 0 Å². The summed E-state index contributed by atoms with van der Waals surface area (Å²) in [4.78, 5) is 26.7. The summed E-state index contributed by atoms with van der Waals surface area (Å²) in [6.45, 7) is 2.47. The Morgan fingerprint density at radius 3 is 2.41 bits per heavy atom. The zero-order chi connectivity index (χ0) is 21.0. The number of hydrogen-bond acceptors (Lipinski definition) is 5. The van der Waals surface area contributed by atoms with Gasteiger partial charge in [-0.15, -0.1) is 0 Å². The predicted octanol–water partition coefficient (Wildman–Crippen LogP) is 1.83. The molecule has 0 bridgehead atoms. The van der Waals surface area contributed by atoms with Gasteiger partial charge in [0.2, 0.25) is 5.91 Å². The molecule has 1 heterocycles. The van der Waals surface area contributed by atoms with Crippen LogP contribution >= 0.6 is 0 Å². The average Bonchev–Trinajstić information content (AvgIpc) is 3.16. The van der Waals surface area contributed by atoms with E-state index in [0.717, 1.165) is 11.3 Å². The van der Waals surface area contributed by atoms with Crippen LogP contribution in [0.15, 0.2) is 59.7 Å². The van der Waals surface area contributed by atoms with Crippen molar-refractivity contribution in [1.29, 1.82) is 0 Å². The van der Waals surface area contributed by atoms with Crippen LogP contribution in [0.3, 0.4) is 0 Å². The summed E-state index contributed by atoms with van der Waals surface area (Å²) in [6.07, 6.45) is 0.188. The number of primary amides is 1. The van der Waals surface area contributed by atoms with Crippen molar-refractivity contribution in [2.45, 2.75) is 25.4 Å². The number of likely N-dealkylation sites (N-methyl/N-ethyl adjacent to an activating group) is 1. The zero-order valence-electron chi connectivity index (χ0n) is 17.0. The summed E-state index contributed by atoms with van der Waals surface area (Å²) in [7, 11) is 3.95. The van der Waals surface area contributed by atoms with Gasteiger partial charge in [-0.25, -0.2) is 0 Å². The number of para-hydroxylation sites is 1. The smallest absolute Gasteiger partial charge is 0.267 e. The Morgan fingerprint density at radius 2 is 1.83 bits per heavy atom. The summed E-state index contributed by atoms with van der Waals surface area (Å²) >= 11 is 0. The molecule has 152 valence electrons. The highest BCUT2D eigenvalue weighted by Gasteiger charge is 2.35. The molecule has 7 heteroatoms. The molecule has 0 aromatic heterocycles. The van der Waals surface area contributed by atoms with Gasteiger partial charge in [0.1, 0.15) is 11.8 Å². The van der Waals surface area contributed by atoms with E-state index in [1.54, 1.807) is 0 Å². The van der Waals surface area contributed by atoms with Crippen molar-refractivity contribution < 1.29 is 9.59 Å². The van der Waals surface area contributed by atoms with Crippen LogP contribution in [0, 0.1) is 6.92 Å². The lowest BCUT2D eigenvalue weighted by Crippen LogP contribution is -2.40. The van der Waals surface area contributed by atoms with Crippen LogP contribution in [-0.2, 0) is 9.59 Å². The second-order valence-corrected chi connectivity index (χ2v) is 7.45. The van der Waals surface area contributed by atoms with Gasteiger partial charge < -0.3 is 16.0 Å². The van der Waals surface area contributed by atoms with Crippen molar-refractivity contribution >= 4 is 23.2 Å². The number of anilines is 1. The van der Waals surface area contributed by atoms with Crippen LogP contribution in [0.1, 0.15) is 23.6 Å². The Morgan fingerprint density at radius 1 is 1.17 bits per heavy atom. The molecule has 0 saturated heterocycles. The van der Waals surface area contributed by atoms with Crippen LogP contribution in [0.2, 0.25) is 0 Å². The quantitative estimate of drug-likeness (QED) is 0.751. The second-order valence-electron chi connectivity index (χ2n) is 7.45. The number of amides is 2. The lowest BCUT2D eigenvalue weighted by molar-refractivity contribution is -0.119. The molecule has 2 atom stereocenters. The van der Waals surface area contributed by atoms with E-state index in [-0.39, 0.29) is 18.4 Å². The van der Waals surface area contributed by atoms with Gasteiger partial charge in [-0.2, -0.15) is 5.10 Å². The minimum atomic E-state index is -0.667. The third-order valence-electron chi connectivity index (χ3n) is 5.06. The van der Waals surface area contributed by atoms with Gasteiger partial charge >= 0.3 is 0 Å². The Labute approximate surface area is 171 Å². The van der Waals surface area contributed by atoms with E-state index < -0.39 is 11.9 Å². The molecule has 2 amide bonds. The molecule has 0 fully saturated rings. The summed E-state index contributed by atoms with van der Waals surface area (Å²) in [5, 5.41) is 8.88. The summed E-state index contributed by atoms with van der Waals surface area (Å²) < 4.78 is 0. The molecule has 0 radical (unpaired) electrons. The molecule has 2 aromatic carbocycles. The first-order valence-corrected chi connectivity index (χ1v) is 9.59. The van der Waals surface area contributed by atoms with E-state index in [2.05, 4.69) is 39.6 Å². The number of hydrazone groups is 1. The van der Waals surface area contributed by atoms with Gasteiger partial charge in [-0.3, -0.25) is 14.6 Å². The number of carbonyl (C=O) groups excluding carboxylic acids is 2.